The third-order valence-electron chi connectivity index (χ3n) is 6.40. The van der Waals surface area contributed by atoms with Gasteiger partial charge in [-0.2, -0.15) is 0 Å². The second kappa shape index (κ2) is 12.9. The molecule has 1 amide bonds. The molecule has 3 aromatic carbocycles. The average Bonchev–Trinajstić information content (AvgIpc) is 3.38. The number of sulfonamides is 1. The smallest absolute Gasteiger partial charge is 0.325 e. The van der Waals surface area contributed by atoms with Crippen molar-refractivity contribution in [2.75, 3.05) is 25.0 Å². The van der Waals surface area contributed by atoms with Crippen LogP contribution >= 0.6 is 0 Å². The fourth-order valence-corrected chi connectivity index (χ4v) is 5.54. The van der Waals surface area contributed by atoms with Gasteiger partial charge in [-0.1, -0.05) is 30.3 Å². The van der Waals surface area contributed by atoms with Crippen LogP contribution in [0.15, 0.2) is 77.7 Å². The summed E-state index contributed by atoms with van der Waals surface area (Å²) in [6, 6.07) is 18.0. The molecule has 0 unspecified atom stereocenters. The first-order valence-electron chi connectivity index (χ1n) is 12.7. The molecular formula is C29H30N4O7S. The molecule has 0 heterocycles. The van der Waals surface area contributed by atoms with E-state index in [2.05, 4.69) is 4.72 Å². The standard InChI is InChI=1S/C29H30N4O7S/c1-33(27(34)13-7-19-6-12-25(39-28(35)17-30)26(14-19)40-29(36)18-31)23-8-10-24(11-9-23)41(37,38)32-22-15-20-4-2-3-5-21(20)16-22/h2-14,22,32H,15-18,30-31H2,1H3. The lowest BCUT2D eigenvalue weighted by Gasteiger charge is -2.17. The van der Waals surface area contributed by atoms with Gasteiger partial charge in [0, 0.05) is 24.9 Å². The highest BCUT2D eigenvalue weighted by Gasteiger charge is 2.26. The lowest BCUT2D eigenvalue weighted by atomic mass is 10.1. The first-order valence-corrected chi connectivity index (χ1v) is 14.2. The van der Waals surface area contributed by atoms with Gasteiger partial charge in [0.2, 0.25) is 10.0 Å². The van der Waals surface area contributed by atoms with Crippen molar-refractivity contribution in [2.24, 2.45) is 11.5 Å². The van der Waals surface area contributed by atoms with Gasteiger partial charge in [-0.25, -0.2) is 13.1 Å². The van der Waals surface area contributed by atoms with Crippen LogP contribution in [0.3, 0.4) is 0 Å². The number of fused-ring (bicyclic) bond motifs is 1. The summed E-state index contributed by atoms with van der Waals surface area (Å²) in [6.45, 7) is -0.760. The Bertz CT molecular complexity index is 1560. The monoisotopic (exact) mass is 578 g/mol. The summed E-state index contributed by atoms with van der Waals surface area (Å²) in [5, 5.41) is 0. The molecule has 3 aromatic rings. The molecule has 0 fully saturated rings. The summed E-state index contributed by atoms with van der Waals surface area (Å²) >= 11 is 0. The number of likely N-dealkylation sites (N-methyl/N-ethyl adjacent to an activating group) is 1. The van der Waals surface area contributed by atoms with Crippen LogP contribution in [0, 0.1) is 0 Å². The quantitative estimate of drug-likeness (QED) is 0.183. The SMILES string of the molecule is CN(C(=O)C=Cc1ccc(OC(=O)CN)c(OC(=O)CN)c1)c1ccc(S(=O)(=O)NC2Cc3ccccc3C2)cc1. The number of esters is 2. The van der Waals surface area contributed by atoms with E-state index in [1.807, 2.05) is 24.3 Å². The van der Waals surface area contributed by atoms with E-state index in [1.165, 1.54) is 41.3 Å². The number of rotatable bonds is 10. The van der Waals surface area contributed by atoms with Crippen molar-refractivity contribution in [3.05, 3.63) is 89.5 Å². The van der Waals surface area contributed by atoms with Crippen LogP contribution in [-0.4, -0.2) is 52.4 Å². The number of nitrogens with one attached hydrogen (secondary N) is 1. The lowest BCUT2D eigenvalue weighted by Crippen LogP contribution is -2.35. The second-order valence-electron chi connectivity index (χ2n) is 9.28. The molecular weight excluding hydrogens is 548 g/mol. The maximum Gasteiger partial charge on any atom is 0.325 e. The number of carbonyl (C=O) groups excluding carboxylic acids is 3. The molecule has 1 aliphatic carbocycles. The number of anilines is 1. The number of benzene rings is 3. The van der Waals surface area contributed by atoms with E-state index < -0.39 is 34.4 Å². The molecule has 4 rings (SSSR count). The molecule has 214 valence electrons. The topological polar surface area (TPSA) is 171 Å². The van der Waals surface area contributed by atoms with Crippen LogP contribution in [0.4, 0.5) is 5.69 Å². The lowest BCUT2D eigenvalue weighted by molar-refractivity contribution is -0.135. The molecule has 0 bridgehead atoms. The van der Waals surface area contributed by atoms with E-state index in [0.717, 1.165) is 11.1 Å². The van der Waals surface area contributed by atoms with Crippen molar-refractivity contribution in [1.82, 2.24) is 4.72 Å². The highest BCUT2D eigenvalue weighted by molar-refractivity contribution is 7.89. The van der Waals surface area contributed by atoms with Gasteiger partial charge in [0.25, 0.3) is 5.91 Å². The molecule has 0 saturated heterocycles. The fraction of sp³-hybridized carbons (Fsp3) is 0.207. The van der Waals surface area contributed by atoms with Gasteiger partial charge >= 0.3 is 11.9 Å². The maximum absolute atomic E-state index is 13.0. The molecule has 0 radical (unpaired) electrons. The Labute approximate surface area is 237 Å². The Morgan fingerprint density at radius 2 is 1.49 bits per heavy atom. The molecule has 11 nitrogen and oxygen atoms in total. The van der Waals surface area contributed by atoms with Crippen molar-refractivity contribution < 1.29 is 32.3 Å². The summed E-state index contributed by atoms with van der Waals surface area (Å²) in [5.74, 6) is -1.96. The zero-order chi connectivity index (χ0) is 29.6. The molecule has 0 aromatic heterocycles. The zero-order valence-electron chi connectivity index (χ0n) is 22.3. The summed E-state index contributed by atoms with van der Waals surface area (Å²) in [5.41, 5.74) is 13.8. The van der Waals surface area contributed by atoms with Crippen molar-refractivity contribution in [1.29, 1.82) is 0 Å². The molecule has 1 aliphatic rings. The minimum atomic E-state index is -3.75. The van der Waals surface area contributed by atoms with Gasteiger partial charge in [-0.3, -0.25) is 14.4 Å². The van der Waals surface area contributed by atoms with E-state index in [4.69, 9.17) is 20.9 Å². The van der Waals surface area contributed by atoms with Crippen LogP contribution in [0.1, 0.15) is 16.7 Å². The number of amides is 1. The predicted molar refractivity (Wildman–Crippen MR) is 153 cm³/mol. The molecule has 5 N–H and O–H groups in total. The van der Waals surface area contributed by atoms with Crippen molar-refractivity contribution in [3.63, 3.8) is 0 Å². The minimum absolute atomic E-state index is 0.0233. The van der Waals surface area contributed by atoms with E-state index in [0.29, 0.717) is 24.1 Å². The highest BCUT2D eigenvalue weighted by atomic mass is 32.2. The Morgan fingerprint density at radius 1 is 0.902 bits per heavy atom. The summed E-state index contributed by atoms with van der Waals surface area (Å²) in [7, 11) is -2.20. The van der Waals surface area contributed by atoms with Gasteiger partial charge in [0.05, 0.1) is 18.0 Å². The van der Waals surface area contributed by atoms with E-state index in [9.17, 15) is 22.8 Å². The van der Waals surface area contributed by atoms with Gasteiger partial charge < -0.3 is 25.8 Å². The molecule has 12 heteroatoms. The molecule has 0 aliphatic heterocycles. The van der Waals surface area contributed by atoms with Crippen LogP contribution in [0.5, 0.6) is 11.5 Å². The third-order valence-corrected chi connectivity index (χ3v) is 7.94. The Kier molecular flexibility index (Phi) is 9.30. The average molecular weight is 579 g/mol. The zero-order valence-corrected chi connectivity index (χ0v) is 23.1. The van der Waals surface area contributed by atoms with Crippen LogP contribution < -0.4 is 30.6 Å². The summed E-state index contributed by atoms with van der Waals surface area (Å²) < 4.78 is 38.9. The summed E-state index contributed by atoms with van der Waals surface area (Å²) in [6.07, 6.45) is 4.04. The van der Waals surface area contributed by atoms with Gasteiger partial charge in [-0.15, -0.1) is 0 Å². The number of nitrogens with zero attached hydrogens (tertiary/aromatic N) is 1. The van der Waals surface area contributed by atoms with Crippen molar-refractivity contribution >= 4 is 39.6 Å². The van der Waals surface area contributed by atoms with Gasteiger partial charge in [0.1, 0.15) is 0 Å². The first-order chi connectivity index (χ1) is 19.6. The number of nitrogens with two attached hydrogens (primary N) is 2. The van der Waals surface area contributed by atoms with E-state index in [-0.39, 0.29) is 29.0 Å². The number of ether oxygens (including phenoxy) is 2. The minimum Gasteiger partial charge on any atom is -0.422 e. The van der Waals surface area contributed by atoms with Gasteiger partial charge in [0.15, 0.2) is 11.5 Å². The van der Waals surface area contributed by atoms with E-state index in [1.54, 1.807) is 25.2 Å². The Balaban J connectivity index is 1.42. The summed E-state index contributed by atoms with van der Waals surface area (Å²) in [4.78, 5) is 37.5. The van der Waals surface area contributed by atoms with Crippen LogP contribution in [-0.2, 0) is 37.2 Å². The largest absolute Gasteiger partial charge is 0.422 e. The van der Waals surface area contributed by atoms with Crippen molar-refractivity contribution in [3.8, 4) is 11.5 Å². The molecule has 0 saturated carbocycles. The maximum atomic E-state index is 13.0. The van der Waals surface area contributed by atoms with Crippen LogP contribution in [0.25, 0.3) is 6.08 Å². The molecule has 41 heavy (non-hydrogen) atoms. The first kappa shape index (κ1) is 29.6. The number of carbonyl (C=O) groups is 3. The third kappa shape index (κ3) is 7.44. The Hall–Kier alpha value is -4.36. The van der Waals surface area contributed by atoms with Gasteiger partial charge in [-0.05, 0) is 72.0 Å². The van der Waals surface area contributed by atoms with E-state index >= 15 is 0 Å². The second-order valence-corrected chi connectivity index (χ2v) is 11.0. The van der Waals surface area contributed by atoms with Crippen molar-refractivity contribution in [2.45, 2.75) is 23.8 Å². The normalized spacial score (nSPS) is 13.1. The fourth-order valence-electron chi connectivity index (χ4n) is 4.31. The number of hydrogen-bond donors (Lipinski definition) is 3. The highest BCUT2D eigenvalue weighted by Crippen LogP contribution is 2.29. The van der Waals surface area contributed by atoms with Crippen LogP contribution in [0.2, 0.25) is 0 Å². The number of hydrogen-bond acceptors (Lipinski definition) is 9. The molecule has 0 atom stereocenters. The predicted octanol–water partition coefficient (Wildman–Crippen LogP) is 1.54. The Morgan fingerprint density at radius 3 is 2.07 bits per heavy atom. The molecule has 0 spiro atoms.